The first-order chi connectivity index (χ1) is 11.7. The first-order valence-electron chi connectivity index (χ1n) is 9.14. The van der Waals surface area contributed by atoms with Gasteiger partial charge in [-0.3, -0.25) is 0 Å². The predicted molar refractivity (Wildman–Crippen MR) is 95.4 cm³/mol. The molecule has 24 heavy (non-hydrogen) atoms. The normalized spacial score (nSPS) is 20.5. The minimum Gasteiger partial charge on any atom is -0.388 e. The average molecular weight is 332 g/mol. The molecular weight excluding hydrogens is 304 g/mol. The molecule has 1 aromatic rings. The zero-order valence-electron chi connectivity index (χ0n) is 14.3. The Kier molecular flexibility index (Phi) is 5.56. The molecule has 0 spiro atoms. The van der Waals surface area contributed by atoms with E-state index in [1.165, 1.54) is 12.8 Å². The molecule has 2 fully saturated rings. The molecule has 6 heteroatoms. The molecule has 2 heterocycles. The summed E-state index contributed by atoms with van der Waals surface area (Å²) in [6, 6.07) is 3.43. The number of hydrogen-bond donors (Lipinski definition) is 3. The molecule has 0 radical (unpaired) electrons. The second kappa shape index (κ2) is 7.83. The number of hydrogen-bond acceptors (Lipinski definition) is 4. The highest BCUT2D eigenvalue weighted by molar-refractivity contribution is 5.92. The molecule has 0 atom stereocenters. The van der Waals surface area contributed by atoms with E-state index in [-0.39, 0.29) is 6.03 Å². The summed E-state index contributed by atoms with van der Waals surface area (Å²) < 4.78 is 0. The van der Waals surface area contributed by atoms with Gasteiger partial charge in [0.15, 0.2) is 5.82 Å². The van der Waals surface area contributed by atoms with Crippen LogP contribution in [-0.4, -0.2) is 41.4 Å². The van der Waals surface area contributed by atoms with Crippen LogP contribution in [0.1, 0.15) is 51.4 Å². The van der Waals surface area contributed by atoms with Crippen LogP contribution in [0.3, 0.4) is 0 Å². The van der Waals surface area contributed by atoms with E-state index in [0.717, 1.165) is 63.1 Å². The van der Waals surface area contributed by atoms with Gasteiger partial charge in [0.25, 0.3) is 0 Å². The molecule has 1 aliphatic carbocycles. The van der Waals surface area contributed by atoms with E-state index in [9.17, 15) is 9.90 Å². The van der Waals surface area contributed by atoms with Crippen molar-refractivity contribution in [3.63, 3.8) is 0 Å². The number of rotatable bonds is 4. The zero-order valence-corrected chi connectivity index (χ0v) is 14.3. The zero-order chi connectivity index (χ0) is 16.8. The molecule has 1 aromatic heterocycles. The van der Waals surface area contributed by atoms with Crippen LogP contribution in [0.25, 0.3) is 0 Å². The largest absolute Gasteiger partial charge is 0.388 e. The molecule has 1 saturated heterocycles. The van der Waals surface area contributed by atoms with E-state index < -0.39 is 5.60 Å². The van der Waals surface area contributed by atoms with Crippen molar-refractivity contribution in [2.45, 2.75) is 57.0 Å². The smallest absolute Gasteiger partial charge is 0.319 e. The van der Waals surface area contributed by atoms with Crippen molar-refractivity contribution in [2.75, 3.05) is 29.9 Å². The highest BCUT2D eigenvalue weighted by Crippen LogP contribution is 2.27. The van der Waals surface area contributed by atoms with Crippen LogP contribution in [0, 0.1) is 0 Å². The molecule has 0 bridgehead atoms. The van der Waals surface area contributed by atoms with Crippen molar-refractivity contribution >= 4 is 17.5 Å². The molecular formula is C18H28N4O2. The molecule has 1 saturated carbocycles. The molecule has 2 aliphatic rings. The lowest BCUT2D eigenvalue weighted by molar-refractivity contribution is 0.0281. The van der Waals surface area contributed by atoms with Gasteiger partial charge in [-0.15, -0.1) is 0 Å². The minimum absolute atomic E-state index is 0.277. The second-order valence-corrected chi connectivity index (χ2v) is 7.01. The van der Waals surface area contributed by atoms with Crippen molar-refractivity contribution in [3.05, 3.63) is 18.3 Å². The summed E-state index contributed by atoms with van der Waals surface area (Å²) in [5.41, 5.74) is -0.0367. The van der Waals surface area contributed by atoms with Crippen LogP contribution in [-0.2, 0) is 0 Å². The van der Waals surface area contributed by atoms with Crippen LogP contribution in [0.15, 0.2) is 18.3 Å². The Labute approximate surface area is 143 Å². The first kappa shape index (κ1) is 17.0. The Morgan fingerprint density at radius 1 is 1.17 bits per heavy atom. The summed E-state index contributed by atoms with van der Waals surface area (Å²) in [6.45, 7) is 2.26. The number of pyridine rings is 1. The fourth-order valence-electron chi connectivity index (χ4n) is 3.65. The van der Waals surface area contributed by atoms with Crippen LogP contribution < -0.4 is 15.5 Å². The highest BCUT2D eigenvalue weighted by atomic mass is 16.3. The number of carbonyl (C=O) groups excluding carboxylic acids is 1. The van der Waals surface area contributed by atoms with Gasteiger partial charge in [-0.25, -0.2) is 9.78 Å². The highest BCUT2D eigenvalue weighted by Gasteiger charge is 2.28. The van der Waals surface area contributed by atoms with Crippen LogP contribution >= 0.6 is 0 Å². The number of anilines is 2. The Balaban J connectivity index is 1.57. The van der Waals surface area contributed by atoms with Crippen LogP contribution in [0.5, 0.6) is 0 Å². The van der Waals surface area contributed by atoms with Crippen molar-refractivity contribution in [2.24, 2.45) is 0 Å². The number of urea groups is 1. The van der Waals surface area contributed by atoms with E-state index in [2.05, 4.69) is 20.5 Å². The second-order valence-electron chi connectivity index (χ2n) is 7.01. The number of amides is 2. The lowest BCUT2D eigenvalue weighted by Gasteiger charge is -2.27. The van der Waals surface area contributed by atoms with Gasteiger partial charge < -0.3 is 20.6 Å². The van der Waals surface area contributed by atoms with Gasteiger partial charge in [0, 0.05) is 25.8 Å². The van der Waals surface area contributed by atoms with Gasteiger partial charge in [-0.2, -0.15) is 0 Å². The van der Waals surface area contributed by atoms with Gasteiger partial charge in [-0.05, 0) is 37.8 Å². The quantitative estimate of drug-likeness (QED) is 0.741. The third-order valence-corrected chi connectivity index (χ3v) is 5.05. The molecule has 132 valence electrons. The van der Waals surface area contributed by atoms with Gasteiger partial charge in [0.05, 0.1) is 11.3 Å². The molecule has 3 N–H and O–H groups in total. The fraction of sp³-hybridized carbons (Fsp3) is 0.667. The minimum atomic E-state index is -0.763. The maximum absolute atomic E-state index is 12.3. The summed E-state index contributed by atoms with van der Waals surface area (Å²) >= 11 is 0. The molecule has 2 amide bonds. The SMILES string of the molecule is O=C(NCC1(O)CCCCCC1)Nc1cccnc1N1CCCC1. The lowest BCUT2D eigenvalue weighted by atomic mass is 9.95. The van der Waals surface area contributed by atoms with Crippen LogP contribution in [0.4, 0.5) is 16.3 Å². The summed E-state index contributed by atoms with van der Waals surface area (Å²) in [6.07, 6.45) is 10.0. The summed E-state index contributed by atoms with van der Waals surface area (Å²) in [4.78, 5) is 18.9. The maximum atomic E-state index is 12.3. The molecule has 0 aromatic carbocycles. The summed E-state index contributed by atoms with van der Waals surface area (Å²) in [5, 5.41) is 16.4. The third kappa shape index (κ3) is 4.38. The summed E-state index contributed by atoms with van der Waals surface area (Å²) in [5.74, 6) is 0.832. The van der Waals surface area contributed by atoms with Crippen molar-refractivity contribution in [1.29, 1.82) is 0 Å². The Morgan fingerprint density at radius 2 is 1.88 bits per heavy atom. The fourth-order valence-corrected chi connectivity index (χ4v) is 3.65. The number of carbonyl (C=O) groups is 1. The summed E-state index contributed by atoms with van der Waals surface area (Å²) in [7, 11) is 0. The lowest BCUT2D eigenvalue weighted by Crippen LogP contribution is -2.44. The van der Waals surface area contributed by atoms with E-state index in [1.54, 1.807) is 6.20 Å². The first-order valence-corrected chi connectivity index (χ1v) is 9.14. The van der Waals surface area contributed by atoms with Crippen molar-refractivity contribution in [1.82, 2.24) is 10.3 Å². The Hall–Kier alpha value is -1.82. The molecule has 3 rings (SSSR count). The number of aromatic nitrogens is 1. The van der Waals surface area contributed by atoms with E-state index in [0.29, 0.717) is 6.54 Å². The van der Waals surface area contributed by atoms with Gasteiger partial charge >= 0.3 is 6.03 Å². The molecule has 1 aliphatic heterocycles. The Morgan fingerprint density at radius 3 is 2.58 bits per heavy atom. The maximum Gasteiger partial charge on any atom is 0.319 e. The van der Waals surface area contributed by atoms with E-state index in [1.807, 2.05) is 12.1 Å². The average Bonchev–Trinajstić information content (AvgIpc) is 3.03. The predicted octanol–water partition coefficient (Wildman–Crippen LogP) is 2.89. The number of aliphatic hydroxyl groups is 1. The van der Waals surface area contributed by atoms with Gasteiger partial charge in [-0.1, -0.05) is 25.7 Å². The molecule has 0 unspecified atom stereocenters. The van der Waals surface area contributed by atoms with Gasteiger partial charge in [0.2, 0.25) is 0 Å². The monoisotopic (exact) mass is 332 g/mol. The van der Waals surface area contributed by atoms with Gasteiger partial charge in [0.1, 0.15) is 0 Å². The third-order valence-electron chi connectivity index (χ3n) is 5.05. The Bertz CT molecular complexity index is 550. The van der Waals surface area contributed by atoms with E-state index in [4.69, 9.17) is 0 Å². The van der Waals surface area contributed by atoms with Crippen molar-refractivity contribution < 1.29 is 9.90 Å². The van der Waals surface area contributed by atoms with E-state index >= 15 is 0 Å². The topological polar surface area (TPSA) is 77.5 Å². The number of nitrogens with one attached hydrogen (secondary N) is 2. The standard InChI is InChI=1S/C18H28N4O2/c23-17(20-14-18(24)9-3-1-2-4-10-18)21-15-8-7-11-19-16(15)22-12-5-6-13-22/h7-8,11,24H,1-6,9-10,12-14H2,(H2,20,21,23). The molecule has 6 nitrogen and oxygen atoms in total. The van der Waals surface area contributed by atoms with Crippen LogP contribution in [0.2, 0.25) is 0 Å². The van der Waals surface area contributed by atoms with Crippen molar-refractivity contribution in [3.8, 4) is 0 Å². The number of nitrogens with zero attached hydrogens (tertiary/aromatic N) is 2.